The zero-order chi connectivity index (χ0) is 12.3. The van der Waals surface area contributed by atoms with Crippen molar-refractivity contribution in [1.82, 2.24) is 15.0 Å². The molecule has 0 radical (unpaired) electrons. The summed E-state index contributed by atoms with van der Waals surface area (Å²) in [4.78, 5) is 11.2. The second-order valence-electron chi connectivity index (χ2n) is 4.49. The van der Waals surface area contributed by atoms with Crippen LogP contribution in [0.5, 0.6) is 0 Å². The van der Waals surface area contributed by atoms with E-state index < -0.39 is 5.91 Å². The fraction of sp³-hybridized carbons (Fsp3) is 0.727. The molecular weight excluding hydrogens is 220 g/mol. The minimum atomic E-state index is -0.549. The van der Waals surface area contributed by atoms with Crippen LogP contribution < -0.4 is 5.73 Å². The first-order chi connectivity index (χ1) is 8.22. The topological polar surface area (TPSA) is 83.0 Å². The van der Waals surface area contributed by atoms with Crippen LogP contribution in [0.15, 0.2) is 0 Å². The standard InChI is InChI=1S/C11H18N4O2/c1-17-7-9-10(11(12)16)13-14-15(9)6-5-8-3-2-4-8/h8H,2-7H2,1H3,(H2,12,16). The predicted molar refractivity (Wildman–Crippen MR) is 61.2 cm³/mol. The number of methoxy groups -OCH3 is 1. The normalized spacial score (nSPS) is 15.8. The van der Waals surface area contributed by atoms with Crippen molar-refractivity contribution in [3.63, 3.8) is 0 Å². The molecule has 1 aliphatic carbocycles. The van der Waals surface area contributed by atoms with E-state index in [1.165, 1.54) is 19.3 Å². The SMILES string of the molecule is COCc1c(C(N)=O)nnn1CCC1CCC1. The maximum atomic E-state index is 11.2. The monoisotopic (exact) mass is 238 g/mol. The van der Waals surface area contributed by atoms with Gasteiger partial charge in [0.2, 0.25) is 0 Å². The zero-order valence-electron chi connectivity index (χ0n) is 10.1. The van der Waals surface area contributed by atoms with Crippen LogP contribution in [0.2, 0.25) is 0 Å². The molecule has 0 unspecified atom stereocenters. The average molecular weight is 238 g/mol. The van der Waals surface area contributed by atoms with Gasteiger partial charge in [0.25, 0.3) is 5.91 Å². The van der Waals surface area contributed by atoms with Crippen molar-refractivity contribution in [2.75, 3.05) is 7.11 Å². The lowest BCUT2D eigenvalue weighted by atomic mass is 9.83. The van der Waals surface area contributed by atoms with E-state index in [4.69, 9.17) is 10.5 Å². The summed E-state index contributed by atoms with van der Waals surface area (Å²) < 4.78 is 6.79. The van der Waals surface area contributed by atoms with Gasteiger partial charge < -0.3 is 10.5 Å². The molecule has 0 aromatic carbocycles. The van der Waals surface area contributed by atoms with Crippen molar-refractivity contribution < 1.29 is 9.53 Å². The van der Waals surface area contributed by atoms with Gasteiger partial charge in [0.15, 0.2) is 5.69 Å². The van der Waals surface area contributed by atoms with Gasteiger partial charge in [-0.25, -0.2) is 4.68 Å². The number of aryl methyl sites for hydroxylation is 1. The quantitative estimate of drug-likeness (QED) is 0.791. The summed E-state index contributed by atoms with van der Waals surface area (Å²) in [5.41, 5.74) is 6.14. The predicted octanol–water partition coefficient (Wildman–Crippen LogP) is 0.714. The first-order valence-electron chi connectivity index (χ1n) is 5.93. The summed E-state index contributed by atoms with van der Waals surface area (Å²) >= 11 is 0. The van der Waals surface area contributed by atoms with Gasteiger partial charge in [-0.15, -0.1) is 5.10 Å². The highest BCUT2D eigenvalue weighted by atomic mass is 16.5. The van der Waals surface area contributed by atoms with Gasteiger partial charge in [0.05, 0.1) is 12.3 Å². The summed E-state index contributed by atoms with van der Waals surface area (Å²) in [6, 6.07) is 0. The largest absolute Gasteiger partial charge is 0.378 e. The van der Waals surface area contributed by atoms with Gasteiger partial charge in [-0.05, 0) is 12.3 Å². The Bertz CT molecular complexity index is 398. The molecule has 1 aliphatic rings. The number of aromatic nitrogens is 3. The molecule has 0 aliphatic heterocycles. The lowest BCUT2D eigenvalue weighted by molar-refractivity contribution is 0.0989. The molecule has 0 saturated heterocycles. The Morgan fingerprint density at radius 2 is 2.35 bits per heavy atom. The van der Waals surface area contributed by atoms with Crippen LogP contribution in [0.3, 0.4) is 0 Å². The Morgan fingerprint density at radius 3 is 2.88 bits per heavy atom. The minimum absolute atomic E-state index is 0.223. The molecule has 17 heavy (non-hydrogen) atoms. The summed E-state index contributed by atoms with van der Waals surface area (Å²) in [5, 5.41) is 7.79. The van der Waals surface area contributed by atoms with Crippen LogP contribution in [-0.2, 0) is 17.9 Å². The molecule has 0 bridgehead atoms. The van der Waals surface area contributed by atoms with Crippen molar-refractivity contribution in [1.29, 1.82) is 0 Å². The average Bonchev–Trinajstić information content (AvgIpc) is 2.60. The Balaban J connectivity index is 2.05. The maximum absolute atomic E-state index is 11.2. The van der Waals surface area contributed by atoms with E-state index in [1.54, 1.807) is 11.8 Å². The third-order valence-electron chi connectivity index (χ3n) is 3.33. The van der Waals surface area contributed by atoms with Crippen molar-refractivity contribution in [3.05, 3.63) is 11.4 Å². The Labute approximate surface area is 100 Å². The van der Waals surface area contributed by atoms with Gasteiger partial charge in [-0.2, -0.15) is 0 Å². The lowest BCUT2D eigenvalue weighted by Crippen LogP contribution is -2.18. The molecule has 2 rings (SSSR count). The number of primary amides is 1. The molecule has 0 atom stereocenters. The summed E-state index contributed by atoms with van der Waals surface area (Å²) in [5.74, 6) is 0.249. The van der Waals surface area contributed by atoms with Gasteiger partial charge in [0.1, 0.15) is 0 Å². The number of ether oxygens (including phenoxy) is 1. The van der Waals surface area contributed by atoms with Crippen molar-refractivity contribution in [3.8, 4) is 0 Å². The number of amides is 1. The molecule has 1 heterocycles. The van der Waals surface area contributed by atoms with Crippen LogP contribution in [0.25, 0.3) is 0 Å². The Morgan fingerprint density at radius 1 is 1.59 bits per heavy atom. The highest BCUT2D eigenvalue weighted by molar-refractivity contribution is 5.91. The molecule has 1 saturated carbocycles. The number of carbonyl (C=O) groups excluding carboxylic acids is 1. The molecular formula is C11H18N4O2. The smallest absolute Gasteiger partial charge is 0.271 e. The van der Waals surface area contributed by atoms with E-state index in [-0.39, 0.29) is 5.69 Å². The van der Waals surface area contributed by atoms with Gasteiger partial charge >= 0.3 is 0 Å². The third kappa shape index (κ3) is 2.63. The number of nitrogens with two attached hydrogens (primary N) is 1. The summed E-state index contributed by atoms with van der Waals surface area (Å²) in [6.07, 6.45) is 5.02. The summed E-state index contributed by atoms with van der Waals surface area (Å²) in [6.45, 7) is 1.10. The van der Waals surface area contributed by atoms with Crippen LogP contribution in [-0.4, -0.2) is 28.0 Å². The molecule has 1 amide bonds. The molecule has 2 N–H and O–H groups in total. The van der Waals surface area contributed by atoms with Crippen molar-refractivity contribution in [2.45, 2.75) is 38.8 Å². The van der Waals surface area contributed by atoms with E-state index in [0.29, 0.717) is 12.3 Å². The van der Waals surface area contributed by atoms with Crippen LogP contribution >= 0.6 is 0 Å². The molecule has 94 valence electrons. The minimum Gasteiger partial charge on any atom is -0.378 e. The Kier molecular flexibility index (Phi) is 3.73. The first kappa shape index (κ1) is 12.0. The number of nitrogens with zero attached hydrogens (tertiary/aromatic N) is 3. The van der Waals surface area contributed by atoms with E-state index in [0.717, 1.165) is 18.9 Å². The van der Waals surface area contributed by atoms with Crippen LogP contribution in [0.1, 0.15) is 41.9 Å². The first-order valence-corrected chi connectivity index (χ1v) is 5.93. The maximum Gasteiger partial charge on any atom is 0.271 e. The molecule has 6 nitrogen and oxygen atoms in total. The third-order valence-corrected chi connectivity index (χ3v) is 3.33. The number of hydrogen-bond donors (Lipinski definition) is 1. The molecule has 6 heteroatoms. The fourth-order valence-electron chi connectivity index (χ4n) is 2.07. The van der Waals surface area contributed by atoms with Crippen LogP contribution in [0, 0.1) is 5.92 Å². The fourth-order valence-corrected chi connectivity index (χ4v) is 2.07. The Hall–Kier alpha value is -1.43. The zero-order valence-corrected chi connectivity index (χ0v) is 10.1. The number of rotatable bonds is 6. The number of carbonyl (C=O) groups is 1. The highest BCUT2D eigenvalue weighted by Crippen LogP contribution is 2.29. The van der Waals surface area contributed by atoms with Gasteiger partial charge in [0, 0.05) is 13.7 Å². The van der Waals surface area contributed by atoms with E-state index in [1.807, 2.05) is 0 Å². The second kappa shape index (κ2) is 5.27. The van der Waals surface area contributed by atoms with Crippen molar-refractivity contribution >= 4 is 5.91 Å². The number of hydrogen-bond acceptors (Lipinski definition) is 4. The molecule has 1 aromatic rings. The van der Waals surface area contributed by atoms with Crippen molar-refractivity contribution in [2.24, 2.45) is 11.7 Å². The highest BCUT2D eigenvalue weighted by Gasteiger charge is 2.20. The molecule has 0 spiro atoms. The van der Waals surface area contributed by atoms with Gasteiger partial charge in [-0.1, -0.05) is 24.5 Å². The summed E-state index contributed by atoms with van der Waals surface area (Å²) in [7, 11) is 1.58. The van der Waals surface area contributed by atoms with E-state index in [9.17, 15) is 4.79 Å². The molecule has 1 aromatic heterocycles. The second-order valence-corrected chi connectivity index (χ2v) is 4.49. The van der Waals surface area contributed by atoms with E-state index in [2.05, 4.69) is 10.3 Å². The van der Waals surface area contributed by atoms with E-state index >= 15 is 0 Å². The molecule has 1 fully saturated rings. The lowest BCUT2D eigenvalue weighted by Gasteiger charge is -2.25. The van der Waals surface area contributed by atoms with Crippen LogP contribution in [0.4, 0.5) is 0 Å². The van der Waals surface area contributed by atoms with Gasteiger partial charge in [-0.3, -0.25) is 4.79 Å².